The summed E-state index contributed by atoms with van der Waals surface area (Å²) in [7, 11) is 0. The summed E-state index contributed by atoms with van der Waals surface area (Å²) in [5, 5.41) is 2.91. The van der Waals surface area contributed by atoms with Crippen LogP contribution < -0.4 is 5.32 Å². The summed E-state index contributed by atoms with van der Waals surface area (Å²) < 4.78 is 7.79. The van der Waals surface area contributed by atoms with Gasteiger partial charge >= 0.3 is 17.9 Å². The first-order valence-electron chi connectivity index (χ1n) is 5.80. The van der Waals surface area contributed by atoms with Crippen LogP contribution in [-0.4, -0.2) is 41.3 Å². The van der Waals surface area contributed by atoms with E-state index < -0.39 is 28.7 Å². The summed E-state index contributed by atoms with van der Waals surface area (Å²) in [5.74, 6) is -2.20. The van der Waals surface area contributed by atoms with E-state index in [9.17, 15) is 14.4 Å². The lowest BCUT2D eigenvalue weighted by Crippen LogP contribution is -2.40. The number of carbonyl (C=O) groups excluding carboxylic acids is 3. The maximum atomic E-state index is 11.8. The maximum absolute atomic E-state index is 11.8. The predicted octanol–water partition coefficient (Wildman–Crippen LogP) is 0.626. The van der Waals surface area contributed by atoms with Gasteiger partial charge in [0.1, 0.15) is 10.8 Å². The smallest absolute Gasteiger partial charge is 0.330 e. The average Bonchev–Trinajstić information content (AvgIpc) is 2.81. The van der Waals surface area contributed by atoms with Crippen molar-refractivity contribution in [3.8, 4) is 0 Å². The number of halogens is 1. The Kier molecular flexibility index (Phi) is 6.09. The third-order valence-corrected chi connectivity index (χ3v) is 3.13. The lowest BCUT2D eigenvalue weighted by molar-refractivity contribution is -0.164. The molecular formula is C11H16ClNO5S. The summed E-state index contributed by atoms with van der Waals surface area (Å²) in [4.78, 5) is 34.7. The van der Waals surface area contributed by atoms with E-state index in [0.29, 0.717) is 13.0 Å². The van der Waals surface area contributed by atoms with E-state index in [4.69, 9.17) is 16.3 Å². The van der Waals surface area contributed by atoms with E-state index in [-0.39, 0.29) is 12.5 Å². The van der Waals surface area contributed by atoms with Crippen LogP contribution in [0.1, 0.15) is 26.2 Å². The van der Waals surface area contributed by atoms with E-state index in [2.05, 4.69) is 22.7 Å². The Bertz CT molecular complexity index is 368. The predicted molar refractivity (Wildman–Crippen MR) is 70.9 cm³/mol. The zero-order valence-electron chi connectivity index (χ0n) is 10.5. The fourth-order valence-corrected chi connectivity index (χ4v) is 1.92. The highest BCUT2D eigenvalue weighted by Crippen LogP contribution is 2.22. The van der Waals surface area contributed by atoms with Crippen LogP contribution in [0, 0.1) is 0 Å². The average molecular weight is 310 g/mol. The quantitative estimate of drug-likeness (QED) is 0.335. The molecule has 1 rings (SSSR count). The van der Waals surface area contributed by atoms with Gasteiger partial charge in [-0.15, -0.1) is 0 Å². The van der Waals surface area contributed by atoms with Gasteiger partial charge in [0.05, 0.1) is 6.42 Å². The lowest BCUT2D eigenvalue weighted by atomic mass is 10.1. The molecule has 0 spiro atoms. The Morgan fingerprint density at radius 1 is 1.47 bits per heavy atom. The van der Waals surface area contributed by atoms with Crippen molar-refractivity contribution in [1.82, 2.24) is 5.32 Å². The molecule has 1 fully saturated rings. The van der Waals surface area contributed by atoms with Crippen molar-refractivity contribution < 1.29 is 23.9 Å². The molecule has 19 heavy (non-hydrogen) atoms. The second-order valence-electron chi connectivity index (χ2n) is 4.43. The zero-order valence-corrected chi connectivity index (χ0v) is 12.1. The minimum Gasteiger partial charge on any atom is -0.449 e. The Balaban J connectivity index is 2.50. The third kappa shape index (κ3) is 5.00. The van der Waals surface area contributed by atoms with Crippen molar-refractivity contribution in [3.05, 3.63) is 0 Å². The molecule has 1 saturated heterocycles. The van der Waals surface area contributed by atoms with Gasteiger partial charge in [-0.3, -0.25) is 9.59 Å². The number of esters is 3. The molecule has 0 aromatic rings. The summed E-state index contributed by atoms with van der Waals surface area (Å²) in [5.41, 5.74) is 0. The molecule has 0 aromatic carbocycles. The summed E-state index contributed by atoms with van der Waals surface area (Å²) in [6.45, 7) is 2.09. The number of hydrogen-bond acceptors (Lipinski definition) is 7. The van der Waals surface area contributed by atoms with Gasteiger partial charge in [0, 0.05) is 0 Å². The number of nitrogens with one attached hydrogen (secondary N) is 1. The number of alkyl halides is 1. The molecule has 8 heteroatoms. The minimum atomic E-state index is -1.43. The lowest BCUT2D eigenvalue weighted by Gasteiger charge is -2.20. The highest BCUT2D eigenvalue weighted by molar-refractivity contribution is 7.82. The standard InChI is InChI=1S/C11H16ClNO5S/c1-11(19,5-8(14)17-6-12)10(16)18-9(15)7-3-2-4-13-7/h7,13,19H,2-6H2,1H3/t7-,11-/m0/s1. The zero-order chi connectivity index (χ0) is 14.5. The molecule has 0 saturated carbocycles. The Hall–Kier alpha value is -0.790. The van der Waals surface area contributed by atoms with Gasteiger partial charge in [-0.1, -0.05) is 11.6 Å². The van der Waals surface area contributed by atoms with Gasteiger partial charge in [0.15, 0.2) is 6.07 Å². The van der Waals surface area contributed by atoms with Gasteiger partial charge in [-0.2, -0.15) is 12.6 Å². The molecule has 2 atom stereocenters. The van der Waals surface area contributed by atoms with Crippen molar-refractivity contribution in [2.45, 2.75) is 37.0 Å². The molecule has 0 unspecified atom stereocenters. The van der Waals surface area contributed by atoms with E-state index in [1.54, 1.807) is 0 Å². The van der Waals surface area contributed by atoms with Crippen molar-refractivity contribution >= 4 is 42.1 Å². The summed E-state index contributed by atoms with van der Waals surface area (Å²) >= 11 is 9.27. The molecule has 0 aromatic heterocycles. The monoisotopic (exact) mass is 309 g/mol. The van der Waals surface area contributed by atoms with Crippen LogP contribution >= 0.6 is 24.2 Å². The van der Waals surface area contributed by atoms with E-state index >= 15 is 0 Å². The molecule has 1 N–H and O–H groups in total. The molecule has 0 bridgehead atoms. The molecule has 0 aliphatic carbocycles. The summed E-state index contributed by atoms with van der Waals surface area (Å²) in [6, 6.07) is -0.772. The highest BCUT2D eigenvalue weighted by atomic mass is 35.5. The van der Waals surface area contributed by atoms with Crippen LogP contribution in [0.5, 0.6) is 0 Å². The first kappa shape index (κ1) is 16.3. The van der Waals surface area contributed by atoms with Crippen molar-refractivity contribution in [2.75, 3.05) is 12.6 Å². The molecule has 6 nitrogen and oxygen atoms in total. The molecule has 108 valence electrons. The summed E-state index contributed by atoms with van der Waals surface area (Å²) in [6.07, 6.45) is 1.16. The van der Waals surface area contributed by atoms with E-state index in [0.717, 1.165) is 6.42 Å². The van der Waals surface area contributed by atoms with E-state index in [1.807, 2.05) is 0 Å². The third-order valence-electron chi connectivity index (χ3n) is 2.68. The number of ether oxygens (including phenoxy) is 2. The Morgan fingerprint density at radius 3 is 2.68 bits per heavy atom. The molecule has 1 aliphatic rings. The number of carbonyl (C=O) groups is 3. The Labute approximate surface area is 121 Å². The van der Waals surface area contributed by atoms with Crippen LogP contribution in [0.4, 0.5) is 0 Å². The van der Waals surface area contributed by atoms with Crippen molar-refractivity contribution in [2.24, 2.45) is 0 Å². The fourth-order valence-electron chi connectivity index (χ4n) is 1.62. The second-order valence-corrected chi connectivity index (χ2v) is 5.64. The molecule has 1 heterocycles. The normalized spacial score (nSPS) is 21.5. The van der Waals surface area contributed by atoms with Crippen molar-refractivity contribution in [3.63, 3.8) is 0 Å². The van der Waals surface area contributed by atoms with Gasteiger partial charge in [0.25, 0.3) is 0 Å². The van der Waals surface area contributed by atoms with Crippen LogP contribution in [0.3, 0.4) is 0 Å². The largest absolute Gasteiger partial charge is 0.449 e. The number of thiol groups is 1. The van der Waals surface area contributed by atoms with Crippen LogP contribution in [-0.2, 0) is 23.9 Å². The van der Waals surface area contributed by atoms with Gasteiger partial charge in [-0.05, 0) is 26.3 Å². The molecule has 0 radical (unpaired) electrons. The van der Waals surface area contributed by atoms with Gasteiger partial charge < -0.3 is 14.8 Å². The minimum absolute atomic E-state index is 0.303. The maximum Gasteiger partial charge on any atom is 0.330 e. The fraction of sp³-hybridized carbons (Fsp3) is 0.727. The van der Waals surface area contributed by atoms with Gasteiger partial charge in [0.2, 0.25) is 0 Å². The van der Waals surface area contributed by atoms with Crippen LogP contribution in [0.25, 0.3) is 0 Å². The number of hydrogen-bond donors (Lipinski definition) is 2. The first-order chi connectivity index (χ1) is 8.86. The first-order valence-corrected chi connectivity index (χ1v) is 6.78. The highest BCUT2D eigenvalue weighted by Gasteiger charge is 2.37. The topological polar surface area (TPSA) is 81.7 Å². The molecular weight excluding hydrogens is 294 g/mol. The Morgan fingerprint density at radius 2 is 2.16 bits per heavy atom. The van der Waals surface area contributed by atoms with Crippen molar-refractivity contribution in [1.29, 1.82) is 0 Å². The number of rotatable bonds is 5. The molecule has 1 aliphatic heterocycles. The SMILES string of the molecule is C[C@](S)(CC(=O)OCCl)C(=O)OC(=O)[C@@H]1CCCN1. The van der Waals surface area contributed by atoms with Crippen LogP contribution in [0.15, 0.2) is 0 Å². The van der Waals surface area contributed by atoms with Crippen LogP contribution in [0.2, 0.25) is 0 Å². The molecule has 0 amide bonds. The van der Waals surface area contributed by atoms with Gasteiger partial charge in [-0.25, -0.2) is 4.79 Å². The second kappa shape index (κ2) is 7.12. The van der Waals surface area contributed by atoms with E-state index in [1.165, 1.54) is 6.92 Å².